The van der Waals surface area contributed by atoms with Crippen LogP contribution in [0.4, 0.5) is 5.69 Å². The molecule has 1 saturated heterocycles. The minimum atomic E-state index is -3.75. The number of anilines is 1. The van der Waals surface area contributed by atoms with E-state index in [0.717, 1.165) is 0 Å². The van der Waals surface area contributed by atoms with E-state index in [9.17, 15) is 13.2 Å². The van der Waals surface area contributed by atoms with Crippen LogP contribution >= 0.6 is 12.4 Å². The molecule has 1 aliphatic heterocycles. The lowest BCUT2D eigenvalue weighted by Crippen LogP contribution is -2.40. The fraction of sp³-hybridized carbons (Fsp3) is 0.562. The SMILES string of the molecule is CCOc1ccc(NC(=O)C(C)CN)cc1S(=O)(=O)N1CCOCC1.Cl. The molecule has 3 N–H and O–H groups in total. The molecule has 1 amide bonds. The number of ether oxygens (including phenoxy) is 2. The topological polar surface area (TPSA) is 111 Å². The number of nitrogens with zero attached hydrogens (tertiary/aromatic N) is 1. The molecule has 148 valence electrons. The van der Waals surface area contributed by atoms with Gasteiger partial charge >= 0.3 is 0 Å². The van der Waals surface area contributed by atoms with Gasteiger partial charge in [0.15, 0.2) is 0 Å². The molecule has 0 bridgehead atoms. The van der Waals surface area contributed by atoms with Crippen LogP contribution in [0.2, 0.25) is 0 Å². The first kappa shape index (κ1) is 22.7. The number of halogens is 1. The van der Waals surface area contributed by atoms with Gasteiger partial charge in [-0.25, -0.2) is 8.42 Å². The first-order valence-electron chi connectivity index (χ1n) is 8.25. The van der Waals surface area contributed by atoms with Crippen LogP contribution in [0.5, 0.6) is 5.75 Å². The average Bonchev–Trinajstić information content (AvgIpc) is 2.63. The summed E-state index contributed by atoms with van der Waals surface area (Å²) in [6.07, 6.45) is 0. The van der Waals surface area contributed by atoms with Gasteiger partial charge in [-0.2, -0.15) is 4.31 Å². The van der Waals surface area contributed by atoms with Crippen molar-refractivity contribution >= 4 is 34.0 Å². The lowest BCUT2D eigenvalue weighted by atomic mass is 10.1. The van der Waals surface area contributed by atoms with Crippen molar-refractivity contribution in [1.29, 1.82) is 0 Å². The van der Waals surface area contributed by atoms with Gasteiger partial charge in [-0.3, -0.25) is 4.79 Å². The van der Waals surface area contributed by atoms with Crippen LogP contribution in [0, 0.1) is 5.92 Å². The van der Waals surface area contributed by atoms with E-state index in [1.165, 1.54) is 10.4 Å². The van der Waals surface area contributed by atoms with Gasteiger partial charge in [-0.15, -0.1) is 12.4 Å². The number of benzene rings is 1. The van der Waals surface area contributed by atoms with Gasteiger partial charge in [-0.1, -0.05) is 6.92 Å². The molecule has 8 nitrogen and oxygen atoms in total. The maximum absolute atomic E-state index is 13.0. The van der Waals surface area contributed by atoms with Crippen molar-refractivity contribution in [2.75, 3.05) is 44.8 Å². The van der Waals surface area contributed by atoms with E-state index in [2.05, 4.69) is 5.32 Å². The number of carbonyl (C=O) groups excluding carboxylic acids is 1. The molecule has 1 aromatic carbocycles. The van der Waals surface area contributed by atoms with Gasteiger partial charge in [0.05, 0.1) is 19.8 Å². The van der Waals surface area contributed by atoms with Crippen LogP contribution in [-0.2, 0) is 19.6 Å². The lowest BCUT2D eigenvalue weighted by Gasteiger charge is -2.27. The molecular weight excluding hydrogens is 382 g/mol. The van der Waals surface area contributed by atoms with Crippen molar-refractivity contribution in [3.63, 3.8) is 0 Å². The van der Waals surface area contributed by atoms with Crippen LogP contribution in [0.25, 0.3) is 0 Å². The zero-order valence-corrected chi connectivity index (χ0v) is 16.6. The van der Waals surface area contributed by atoms with Crippen molar-refractivity contribution in [2.24, 2.45) is 11.7 Å². The average molecular weight is 408 g/mol. The fourth-order valence-electron chi connectivity index (χ4n) is 2.36. The smallest absolute Gasteiger partial charge is 0.246 e. The van der Waals surface area contributed by atoms with Gasteiger partial charge in [0.1, 0.15) is 10.6 Å². The number of nitrogens with one attached hydrogen (secondary N) is 1. The van der Waals surface area contributed by atoms with Crippen molar-refractivity contribution in [3.05, 3.63) is 18.2 Å². The molecule has 1 heterocycles. The molecule has 10 heteroatoms. The van der Waals surface area contributed by atoms with Crippen molar-refractivity contribution in [1.82, 2.24) is 4.31 Å². The molecule has 1 atom stereocenters. The number of morpholine rings is 1. The second-order valence-corrected chi connectivity index (χ2v) is 7.64. The van der Waals surface area contributed by atoms with E-state index >= 15 is 0 Å². The number of hydrogen-bond acceptors (Lipinski definition) is 6. The van der Waals surface area contributed by atoms with E-state index in [0.29, 0.717) is 25.5 Å². The summed E-state index contributed by atoms with van der Waals surface area (Å²) in [5.41, 5.74) is 5.88. The molecule has 2 rings (SSSR count). The third kappa shape index (κ3) is 5.31. The lowest BCUT2D eigenvalue weighted by molar-refractivity contribution is -0.119. The Morgan fingerprint density at radius 2 is 2.04 bits per heavy atom. The number of rotatable bonds is 7. The summed E-state index contributed by atoms with van der Waals surface area (Å²) in [6.45, 7) is 5.31. The Kier molecular flexibility index (Phi) is 8.78. The monoisotopic (exact) mass is 407 g/mol. The second-order valence-electron chi connectivity index (χ2n) is 5.74. The summed E-state index contributed by atoms with van der Waals surface area (Å²) in [4.78, 5) is 12.1. The quantitative estimate of drug-likeness (QED) is 0.699. The third-order valence-electron chi connectivity index (χ3n) is 3.90. The zero-order valence-electron chi connectivity index (χ0n) is 14.9. The normalized spacial score (nSPS) is 16.4. The highest BCUT2D eigenvalue weighted by Gasteiger charge is 2.30. The van der Waals surface area contributed by atoms with Gasteiger partial charge in [0.2, 0.25) is 15.9 Å². The van der Waals surface area contributed by atoms with E-state index in [1.54, 1.807) is 26.0 Å². The third-order valence-corrected chi connectivity index (χ3v) is 5.82. The van der Waals surface area contributed by atoms with Gasteiger partial charge in [-0.05, 0) is 25.1 Å². The van der Waals surface area contributed by atoms with Gasteiger partial charge < -0.3 is 20.5 Å². The molecule has 0 aliphatic carbocycles. The van der Waals surface area contributed by atoms with Crippen LogP contribution in [0.3, 0.4) is 0 Å². The molecular formula is C16H26ClN3O5S. The number of sulfonamides is 1. The van der Waals surface area contributed by atoms with E-state index in [1.807, 2.05) is 0 Å². The fourth-order valence-corrected chi connectivity index (χ4v) is 3.93. The summed E-state index contributed by atoms with van der Waals surface area (Å²) in [6, 6.07) is 4.60. The van der Waals surface area contributed by atoms with Crippen LogP contribution in [0.1, 0.15) is 13.8 Å². The zero-order chi connectivity index (χ0) is 18.4. The van der Waals surface area contributed by atoms with E-state index in [-0.39, 0.29) is 54.5 Å². The molecule has 1 aliphatic rings. The minimum Gasteiger partial charge on any atom is -0.492 e. The Hall–Kier alpha value is -1.39. The highest BCUT2D eigenvalue weighted by molar-refractivity contribution is 7.89. The Morgan fingerprint density at radius 1 is 1.38 bits per heavy atom. The number of amides is 1. The Bertz CT molecular complexity index is 708. The molecule has 0 aromatic heterocycles. The van der Waals surface area contributed by atoms with E-state index < -0.39 is 10.0 Å². The van der Waals surface area contributed by atoms with E-state index in [4.69, 9.17) is 15.2 Å². The summed E-state index contributed by atoms with van der Waals surface area (Å²) in [5.74, 6) is -0.369. The largest absolute Gasteiger partial charge is 0.492 e. The van der Waals surface area contributed by atoms with Crippen LogP contribution in [0.15, 0.2) is 23.1 Å². The Morgan fingerprint density at radius 3 is 2.62 bits per heavy atom. The molecule has 1 unspecified atom stereocenters. The molecule has 1 aromatic rings. The number of carbonyl (C=O) groups is 1. The van der Waals surface area contributed by atoms with Crippen molar-refractivity contribution in [2.45, 2.75) is 18.7 Å². The standard InChI is InChI=1S/C16H25N3O5S.ClH/c1-3-24-14-5-4-13(18-16(20)12(2)11-17)10-15(14)25(21,22)19-6-8-23-9-7-19;/h4-5,10,12H,3,6-9,11,17H2,1-2H3,(H,18,20);1H. The van der Waals surface area contributed by atoms with Crippen LogP contribution < -0.4 is 15.8 Å². The van der Waals surface area contributed by atoms with Gasteiger partial charge in [0, 0.05) is 31.2 Å². The highest BCUT2D eigenvalue weighted by Crippen LogP contribution is 2.30. The first-order chi connectivity index (χ1) is 11.9. The maximum Gasteiger partial charge on any atom is 0.246 e. The molecule has 0 radical (unpaired) electrons. The second kappa shape index (κ2) is 10.1. The summed E-state index contributed by atoms with van der Waals surface area (Å²) in [7, 11) is -3.75. The summed E-state index contributed by atoms with van der Waals surface area (Å²) >= 11 is 0. The minimum absolute atomic E-state index is 0. The number of nitrogens with two attached hydrogens (primary N) is 1. The highest BCUT2D eigenvalue weighted by atomic mass is 35.5. The van der Waals surface area contributed by atoms with Crippen LogP contribution in [-0.4, -0.2) is 58.1 Å². The predicted molar refractivity (Wildman–Crippen MR) is 101 cm³/mol. The first-order valence-corrected chi connectivity index (χ1v) is 9.69. The molecule has 1 fully saturated rings. The van der Waals surface area contributed by atoms with Gasteiger partial charge in [0.25, 0.3) is 0 Å². The predicted octanol–water partition coefficient (Wildman–Crippen LogP) is 1.06. The Labute approximate surface area is 160 Å². The summed E-state index contributed by atoms with van der Waals surface area (Å²) in [5, 5.41) is 2.70. The molecule has 0 spiro atoms. The van der Waals surface area contributed by atoms with Crippen molar-refractivity contribution in [3.8, 4) is 5.75 Å². The number of hydrogen-bond donors (Lipinski definition) is 2. The Balaban J connectivity index is 0.00000338. The summed E-state index contributed by atoms with van der Waals surface area (Å²) < 4.78 is 38.0. The molecule has 0 saturated carbocycles. The van der Waals surface area contributed by atoms with Crippen molar-refractivity contribution < 1.29 is 22.7 Å². The maximum atomic E-state index is 13.0. The molecule has 26 heavy (non-hydrogen) atoms.